The number of hydrogen-bond acceptors (Lipinski definition) is 6. The predicted molar refractivity (Wildman–Crippen MR) is 107 cm³/mol. The van der Waals surface area contributed by atoms with Crippen LogP contribution in [0.1, 0.15) is 15.9 Å². The minimum atomic E-state index is -0.885. The fourth-order valence-electron chi connectivity index (χ4n) is 2.73. The molecule has 2 aromatic carbocycles. The van der Waals surface area contributed by atoms with E-state index in [1.807, 2.05) is 0 Å². The van der Waals surface area contributed by atoms with Crippen molar-refractivity contribution in [2.24, 2.45) is 0 Å². The van der Waals surface area contributed by atoms with E-state index >= 15 is 0 Å². The standard InChI is InChI=1S/C20H15BrN2O6/c1-28-16-8-5-13(21)9-12(16)10-15-17(24)22-20(27)23(18(15)25)14-6-3-11(4-7-14)19(26)29-2/h3-10H,1-2H3,(H,22,24,27)/b15-10+. The van der Waals surface area contributed by atoms with Crippen molar-refractivity contribution in [2.45, 2.75) is 0 Å². The summed E-state index contributed by atoms with van der Waals surface area (Å²) in [7, 11) is 2.71. The van der Waals surface area contributed by atoms with Gasteiger partial charge in [-0.25, -0.2) is 14.5 Å². The number of anilines is 1. The van der Waals surface area contributed by atoms with Crippen LogP contribution in [0.2, 0.25) is 0 Å². The molecule has 1 heterocycles. The summed E-state index contributed by atoms with van der Waals surface area (Å²) in [5.41, 5.74) is 0.695. The summed E-state index contributed by atoms with van der Waals surface area (Å²) in [5, 5.41) is 2.14. The van der Waals surface area contributed by atoms with Crippen LogP contribution in [0.5, 0.6) is 5.75 Å². The molecule has 0 radical (unpaired) electrons. The lowest BCUT2D eigenvalue weighted by molar-refractivity contribution is -0.122. The number of barbiturate groups is 1. The van der Waals surface area contributed by atoms with Gasteiger partial charge >= 0.3 is 12.0 Å². The molecule has 0 atom stereocenters. The Labute approximate surface area is 174 Å². The molecule has 8 nitrogen and oxygen atoms in total. The Hall–Kier alpha value is -3.46. The zero-order valence-electron chi connectivity index (χ0n) is 15.4. The van der Waals surface area contributed by atoms with E-state index in [1.165, 1.54) is 44.6 Å². The first-order valence-corrected chi connectivity index (χ1v) is 9.08. The Morgan fingerprint density at radius 1 is 1.07 bits per heavy atom. The van der Waals surface area contributed by atoms with Gasteiger partial charge in [-0.05, 0) is 48.5 Å². The summed E-state index contributed by atoms with van der Waals surface area (Å²) in [5.74, 6) is -1.72. The molecule has 0 aromatic heterocycles. The molecule has 1 N–H and O–H groups in total. The maximum Gasteiger partial charge on any atom is 0.337 e. The third-order valence-electron chi connectivity index (χ3n) is 4.14. The summed E-state index contributed by atoms with van der Waals surface area (Å²) in [6.45, 7) is 0. The SMILES string of the molecule is COC(=O)c1ccc(N2C(=O)NC(=O)/C(=C\c3cc(Br)ccc3OC)C2=O)cc1. The van der Waals surface area contributed by atoms with Crippen molar-refractivity contribution in [1.29, 1.82) is 0 Å². The van der Waals surface area contributed by atoms with Crippen LogP contribution in [0, 0.1) is 0 Å². The molecular formula is C20H15BrN2O6. The smallest absolute Gasteiger partial charge is 0.337 e. The van der Waals surface area contributed by atoms with Crippen LogP contribution >= 0.6 is 15.9 Å². The first-order valence-electron chi connectivity index (χ1n) is 8.29. The highest BCUT2D eigenvalue weighted by molar-refractivity contribution is 9.10. The lowest BCUT2D eigenvalue weighted by Crippen LogP contribution is -2.54. The number of urea groups is 1. The summed E-state index contributed by atoms with van der Waals surface area (Å²) in [6, 6.07) is 9.88. The lowest BCUT2D eigenvalue weighted by Gasteiger charge is -2.26. The van der Waals surface area contributed by atoms with Gasteiger partial charge < -0.3 is 9.47 Å². The number of imide groups is 2. The van der Waals surface area contributed by atoms with Crippen molar-refractivity contribution in [3.8, 4) is 5.75 Å². The minimum absolute atomic E-state index is 0.194. The van der Waals surface area contributed by atoms with Gasteiger partial charge in [-0.15, -0.1) is 0 Å². The number of nitrogens with zero attached hydrogens (tertiary/aromatic N) is 1. The summed E-state index contributed by atoms with van der Waals surface area (Å²) in [6.07, 6.45) is 1.35. The second kappa shape index (κ2) is 8.27. The maximum absolute atomic E-state index is 12.9. The van der Waals surface area contributed by atoms with E-state index in [9.17, 15) is 19.2 Å². The molecule has 148 valence electrons. The van der Waals surface area contributed by atoms with Crippen molar-refractivity contribution in [3.63, 3.8) is 0 Å². The van der Waals surface area contributed by atoms with Gasteiger partial charge in [0, 0.05) is 10.0 Å². The van der Waals surface area contributed by atoms with Crippen LogP contribution in [-0.2, 0) is 14.3 Å². The number of benzene rings is 2. The molecule has 0 spiro atoms. The fourth-order valence-corrected chi connectivity index (χ4v) is 3.11. The number of carbonyl (C=O) groups is 4. The van der Waals surface area contributed by atoms with Crippen molar-refractivity contribution in [2.75, 3.05) is 19.1 Å². The monoisotopic (exact) mass is 458 g/mol. The molecular weight excluding hydrogens is 444 g/mol. The second-order valence-corrected chi connectivity index (χ2v) is 6.80. The number of carbonyl (C=O) groups excluding carboxylic acids is 4. The zero-order valence-corrected chi connectivity index (χ0v) is 17.0. The number of nitrogens with one attached hydrogen (secondary N) is 1. The van der Waals surface area contributed by atoms with Crippen molar-refractivity contribution in [1.82, 2.24) is 5.32 Å². The molecule has 0 aliphatic carbocycles. The second-order valence-electron chi connectivity index (χ2n) is 5.88. The first kappa shape index (κ1) is 20.3. The predicted octanol–water partition coefficient (Wildman–Crippen LogP) is 2.91. The van der Waals surface area contributed by atoms with E-state index in [0.717, 1.165) is 9.37 Å². The van der Waals surface area contributed by atoms with Crippen molar-refractivity contribution >= 4 is 51.5 Å². The highest BCUT2D eigenvalue weighted by Crippen LogP contribution is 2.28. The first-order chi connectivity index (χ1) is 13.8. The van der Waals surface area contributed by atoms with Crippen LogP contribution < -0.4 is 15.0 Å². The van der Waals surface area contributed by atoms with E-state index in [2.05, 4.69) is 26.0 Å². The number of esters is 1. The average molecular weight is 459 g/mol. The van der Waals surface area contributed by atoms with Gasteiger partial charge in [-0.3, -0.25) is 14.9 Å². The van der Waals surface area contributed by atoms with Gasteiger partial charge in [-0.2, -0.15) is 0 Å². The molecule has 0 saturated carbocycles. The summed E-state index contributed by atoms with van der Waals surface area (Å²) < 4.78 is 10.6. The normalized spacial score (nSPS) is 15.3. The minimum Gasteiger partial charge on any atom is -0.496 e. The lowest BCUT2D eigenvalue weighted by atomic mass is 10.1. The molecule has 3 rings (SSSR count). The molecule has 1 fully saturated rings. The number of ether oxygens (including phenoxy) is 2. The maximum atomic E-state index is 12.9. The van der Waals surface area contributed by atoms with Crippen molar-refractivity contribution in [3.05, 3.63) is 63.6 Å². The van der Waals surface area contributed by atoms with Crippen LogP contribution in [0.4, 0.5) is 10.5 Å². The Morgan fingerprint density at radius 2 is 1.76 bits per heavy atom. The van der Waals surface area contributed by atoms with E-state index < -0.39 is 23.8 Å². The highest BCUT2D eigenvalue weighted by atomic mass is 79.9. The Balaban J connectivity index is 2.00. The molecule has 2 aromatic rings. The molecule has 0 unspecified atom stereocenters. The molecule has 1 saturated heterocycles. The van der Waals surface area contributed by atoms with Crippen LogP contribution in [0.15, 0.2) is 52.5 Å². The van der Waals surface area contributed by atoms with E-state index in [0.29, 0.717) is 11.3 Å². The number of rotatable bonds is 4. The Bertz CT molecular complexity index is 1050. The fraction of sp³-hybridized carbons (Fsp3) is 0.100. The number of amides is 4. The highest BCUT2D eigenvalue weighted by Gasteiger charge is 2.37. The molecule has 9 heteroatoms. The van der Waals surface area contributed by atoms with Gasteiger partial charge in [0.05, 0.1) is 25.5 Å². The summed E-state index contributed by atoms with van der Waals surface area (Å²) >= 11 is 3.33. The van der Waals surface area contributed by atoms with Crippen LogP contribution in [0.3, 0.4) is 0 Å². The van der Waals surface area contributed by atoms with E-state index in [-0.39, 0.29) is 16.8 Å². The molecule has 1 aliphatic rings. The van der Waals surface area contributed by atoms with Gasteiger partial charge in [0.1, 0.15) is 11.3 Å². The molecule has 1 aliphatic heterocycles. The van der Waals surface area contributed by atoms with Gasteiger partial charge in [0.15, 0.2) is 0 Å². The largest absolute Gasteiger partial charge is 0.496 e. The molecule has 0 bridgehead atoms. The topological polar surface area (TPSA) is 102 Å². The third-order valence-corrected chi connectivity index (χ3v) is 4.63. The Morgan fingerprint density at radius 3 is 2.38 bits per heavy atom. The summed E-state index contributed by atoms with van der Waals surface area (Å²) in [4.78, 5) is 49.9. The van der Waals surface area contributed by atoms with Gasteiger partial charge in [0.25, 0.3) is 11.8 Å². The average Bonchev–Trinajstić information content (AvgIpc) is 2.71. The quantitative estimate of drug-likeness (QED) is 0.429. The van der Waals surface area contributed by atoms with Crippen LogP contribution in [-0.4, -0.2) is 38.0 Å². The van der Waals surface area contributed by atoms with Gasteiger partial charge in [0.2, 0.25) is 0 Å². The number of halogens is 1. The zero-order chi connectivity index (χ0) is 21.1. The molecule has 4 amide bonds. The number of hydrogen-bond donors (Lipinski definition) is 1. The van der Waals surface area contributed by atoms with Gasteiger partial charge in [-0.1, -0.05) is 15.9 Å². The third kappa shape index (κ3) is 4.04. The molecule has 29 heavy (non-hydrogen) atoms. The van der Waals surface area contributed by atoms with Crippen molar-refractivity contribution < 1.29 is 28.7 Å². The van der Waals surface area contributed by atoms with Crippen LogP contribution in [0.25, 0.3) is 6.08 Å². The van der Waals surface area contributed by atoms with E-state index in [4.69, 9.17) is 4.74 Å². The van der Waals surface area contributed by atoms with E-state index in [1.54, 1.807) is 18.2 Å². The number of methoxy groups -OCH3 is 2. The Kier molecular flexibility index (Phi) is 5.79.